The van der Waals surface area contributed by atoms with E-state index in [0.717, 1.165) is 40.5 Å². The van der Waals surface area contributed by atoms with Gasteiger partial charge in [-0.25, -0.2) is 9.97 Å². The molecule has 2 rings (SSSR count). The Kier molecular flexibility index (Phi) is 5.86. The Morgan fingerprint density at radius 2 is 2.05 bits per heavy atom. The molecule has 0 aliphatic carbocycles. The molecule has 0 aliphatic heterocycles. The third-order valence-corrected chi connectivity index (χ3v) is 4.04. The van der Waals surface area contributed by atoms with Crippen LogP contribution in [-0.2, 0) is 6.42 Å². The van der Waals surface area contributed by atoms with Gasteiger partial charge in [-0.3, -0.25) is 0 Å². The summed E-state index contributed by atoms with van der Waals surface area (Å²) in [6.45, 7) is 5.15. The van der Waals surface area contributed by atoms with Gasteiger partial charge in [0.15, 0.2) is 0 Å². The van der Waals surface area contributed by atoms with Gasteiger partial charge in [-0.2, -0.15) is 0 Å². The number of aryl methyl sites for hydroxylation is 1. The van der Waals surface area contributed by atoms with Crippen molar-refractivity contribution < 1.29 is 0 Å². The molecule has 0 unspecified atom stereocenters. The van der Waals surface area contributed by atoms with E-state index in [9.17, 15) is 0 Å². The van der Waals surface area contributed by atoms with Crippen molar-refractivity contribution in [2.45, 2.75) is 36.6 Å². The molecule has 1 aromatic carbocycles. The highest BCUT2D eigenvalue weighted by Gasteiger charge is 2.05. The van der Waals surface area contributed by atoms with E-state index < -0.39 is 0 Å². The van der Waals surface area contributed by atoms with E-state index >= 15 is 0 Å². The minimum atomic E-state index is 0.841. The van der Waals surface area contributed by atoms with E-state index in [2.05, 4.69) is 57.2 Å². The Balaban J connectivity index is 2.21. The van der Waals surface area contributed by atoms with Crippen LogP contribution in [0.15, 0.2) is 44.7 Å². The van der Waals surface area contributed by atoms with Gasteiger partial charge in [-0.05, 0) is 24.6 Å². The lowest BCUT2D eigenvalue weighted by Gasteiger charge is -2.08. The number of hydrogen-bond acceptors (Lipinski definition) is 4. The second-order valence-corrected chi connectivity index (χ2v) is 6.36. The molecule has 20 heavy (non-hydrogen) atoms. The van der Waals surface area contributed by atoms with Crippen molar-refractivity contribution in [3.05, 3.63) is 40.6 Å². The fourth-order valence-corrected chi connectivity index (χ4v) is 3.12. The summed E-state index contributed by atoms with van der Waals surface area (Å²) in [4.78, 5) is 10.3. The third-order valence-electron chi connectivity index (χ3n) is 2.64. The van der Waals surface area contributed by atoms with Crippen LogP contribution in [0.4, 0.5) is 5.82 Å². The van der Waals surface area contributed by atoms with Gasteiger partial charge in [0.25, 0.3) is 0 Å². The van der Waals surface area contributed by atoms with Gasteiger partial charge in [0.05, 0.1) is 0 Å². The first-order chi connectivity index (χ1) is 9.71. The largest absolute Gasteiger partial charge is 0.370 e. The van der Waals surface area contributed by atoms with Crippen LogP contribution in [0, 0.1) is 0 Å². The average molecular weight is 352 g/mol. The average Bonchev–Trinajstić information content (AvgIpc) is 2.45. The summed E-state index contributed by atoms with van der Waals surface area (Å²) in [5.41, 5.74) is 0. The number of anilines is 1. The molecule has 3 nitrogen and oxygen atoms in total. The Labute approximate surface area is 132 Å². The summed E-state index contributed by atoms with van der Waals surface area (Å²) in [5.74, 6) is 1.79. The first-order valence-corrected chi connectivity index (χ1v) is 8.37. The molecule has 0 saturated carbocycles. The molecular weight excluding hydrogens is 334 g/mol. The molecule has 1 aromatic heterocycles. The minimum Gasteiger partial charge on any atom is -0.370 e. The number of nitrogens with zero attached hydrogens (tertiary/aromatic N) is 2. The highest BCUT2D eigenvalue weighted by atomic mass is 79.9. The maximum absolute atomic E-state index is 4.58. The number of benzene rings is 1. The summed E-state index contributed by atoms with van der Waals surface area (Å²) >= 11 is 5.15. The van der Waals surface area contributed by atoms with Gasteiger partial charge in [0, 0.05) is 28.4 Å². The van der Waals surface area contributed by atoms with Gasteiger partial charge in [0.2, 0.25) is 0 Å². The van der Waals surface area contributed by atoms with Crippen molar-refractivity contribution in [3.8, 4) is 0 Å². The topological polar surface area (TPSA) is 37.8 Å². The molecule has 0 amide bonds. The molecule has 5 heteroatoms. The molecule has 1 N–H and O–H groups in total. The maximum Gasteiger partial charge on any atom is 0.131 e. The molecule has 0 spiro atoms. The van der Waals surface area contributed by atoms with Gasteiger partial charge >= 0.3 is 0 Å². The zero-order valence-corrected chi connectivity index (χ0v) is 14.1. The molecule has 106 valence electrons. The summed E-state index contributed by atoms with van der Waals surface area (Å²) in [6.07, 6.45) is 1.92. The summed E-state index contributed by atoms with van der Waals surface area (Å²) in [5, 5.41) is 4.31. The first-order valence-electron chi connectivity index (χ1n) is 6.76. The highest BCUT2D eigenvalue weighted by Crippen LogP contribution is 2.29. The van der Waals surface area contributed by atoms with Gasteiger partial charge in [0.1, 0.15) is 16.7 Å². The molecule has 0 atom stereocenters. The zero-order valence-electron chi connectivity index (χ0n) is 11.7. The number of nitrogens with one attached hydrogen (secondary N) is 1. The first kappa shape index (κ1) is 15.3. The van der Waals surface area contributed by atoms with Crippen LogP contribution in [0.5, 0.6) is 0 Å². The van der Waals surface area contributed by atoms with Crippen molar-refractivity contribution in [2.24, 2.45) is 0 Å². The molecule has 2 aromatic rings. The SMILES string of the molecule is CCCNc1cc(Sc2cccc(Br)c2)nc(CC)n1. The fourth-order valence-electron chi connectivity index (χ4n) is 1.68. The zero-order chi connectivity index (χ0) is 14.4. The lowest BCUT2D eigenvalue weighted by atomic mass is 10.4. The lowest BCUT2D eigenvalue weighted by molar-refractivity contribution is 0.877. The highest BCUT2D eigenvalue weighted by molar-refractivity contribution is 9.10. The van der Waals surface area contributed by atoms with Gasteiger partial charge in [-0.15, -0.1) is 0 Å². The summed E-state index contributed by atoms with van der Waals surface area (Å²) < 4.78 is 1.08. The second-order valence-electron chi connectivity index (χ2n) is 4.35. The van der Waals surface area contributed by atoms with Gasteiger partial charge in [-0.1, -0.05) is 47.6 Å². The maximum atomic E-state index is 4.58. The quantitative estimate of drug-likeness (QED) is 0.760. The van der Waals surface area contributed by atoms with Crippen molar-refractivity contribution >= 4 is 33.5 Å². The number of halogens is 1. The molecule has 1 heterocycles. The number of aromatic nitrogens is 2. The predicted molar refractivity (Wildman–Crippen MR) is 88.5 cm³/mol. The molecule has 0 saturated heterocycles. The van der Waals surface area contributed by atoms with Crippen molar-refractivity contribution in [3.63, 3.8) is 0 Å². The van der Waals surface area contributed by atoms with Crippen molar-refractivity contribution in [2.75, 3.05) is 11.9 Å². The lowest BCUT2D eigenvalue weighted by Crippen LogP contribution is -2.05. The Morgan fingerprint density at radius 1 is 1.20 bits per heavy atom. The molecular formula is C15H18BrN3S. The standard InChI is InChI=1S/C15H18BrN3S/c1-3-8-17-14-10-15(19-13(4-2)18-14)20-12-7-5-6-11(16)9-12/h5-7,9-10H,3-4,8H2,1-2H3,(H,17,18,19). The normalized spacial score (nSPS) is 10.6. The number of hydrogen-bond donors (Lipinski definition) is 1. The fraction of sp³-hybridized carbons (Fsp3) is 0.333. The van der Waals surface area contributed by atoms with Gasteiger partial charge < -0.3 is 5.32 Å². The smallest absolute Gasteiger partial charge is 0.131 e. The van der Waals surface area contributed by atoms with Crippen LogP contribution in [-0.4, -0.2) is 16.5 Å². The van der Waals surface area contributed by atoms with Crippen molar-refractivity contribution in [1.82, 2.24) is 9.97 Å². The molecule has 0 radical (unpaired) electrons. The van der Waals surface area contributed by atoms with Crippen LogP contribution >= 0.6 is 27.7 Å². The van der Waals surface area contributed by atoms with Crippen LogP contribution in [0.1, 0.15) is 26.1 Å². The minimum absolute atomic E-state index is 0.841. The van der Waals surface area contributed by atoms with E-state index in [1.54, 1.807) is 11.8 Å². The van der Waals surface area contributed by atoms with Crippen LogP contribution < -0.4 is 5.32 Å². The van der Waals surface area contributed by atoms with E-state index in [-0.39, 0.29) is 0 Å². The molecule has 0 bridgehead atoms. The molecule has 0 aliphatic rings. The second kappa shape index (κ2) is 7.64. The molecule has 0 fully saturated rings. The summed E-state index contributed by atoms with van der Waals surface area (Å²) in [6, 6.07) is 10.3. The summed E-state index contributed by atoms with van der Waals surface area (Å²) in [7, 11) is 0. The van der Waals surface area contributed by atoms with Crippen molar-refractivity contribution in [1.29, 1.82) is 0 Å². The Bertz CT molecular complexity index is 575. The monoisotopic (exact) mass is 351 g/mol. The third kappa shape index (κ3) is 4.49. The number of rotatable bonds is 6. The van der Waals surface area contributed by atoms with E-state index in [4.69, 9.17) is 0 Å². The van der Waals surface area contributed by atoms with Crippen LogP contribution in [0.3, 0.4) is 0 Å². The Hall–Kier alpha value is -1.07. The predicted octanol–water partition coefficient (Wildman–Crippen LogP) is 4.77. The van der Waals surface area contributed by atoms with E-state index in [1.165, 1.54) is 4.90 Å². The van der Waals surface area contributed by atoms with E-state index in [0.29, 0.717) is 0 Å². The van der Waals surface area contributed by atoms with Crippen LogP contribution in [0.25, 0.3) is 0 Å². The van der Waals surface area contributed by atoms with Crippen LogP contribution in [0.2, 0.25) is 0 Å². The van der Waals surface area contributed by atoms with E-state index in [1.807, 2.05) is 18.2 Å². The Morgan fingerprint density at radius 3 is 2.75 bits per heavy atom.